The Balaban J connectivity index is 0.000000409. The number of nitrogens with two attached hydrogens (primary N) is 2. The summed E-state index contributed by atoms with van der Waals surface area (Å²) in [5, 5.41) is 57.7. The second-order valence-electron chi connectivity index (χ2n) is 27.1. The molecule has 135 heavy (non-hydrogen) atoms. The third-order valence-corrected chi connectivity index (χ3v) is 18.4. The van der Waals surface area contributed by atoms with Gasteiger partial charge in [0.15, 0.2) is 11.4 Å². The standard InChI is InChI=1S/C24H23ClF4N2O3.C11H9ClF3N3.C11H15FO2.C10H12FNO4.C10H14FNO2.C8H6FNO4.C7H5BrFNO2.C7H6FNO3.ClH/c1-33-9-10-34-15-17-6-5-16(12-22(17)26)11-21(32)8-7-20-14-23(24(27,28)29)30-31(20)19-4-2-3-18(25)13-19;12-7-2-1-3-8(4-7)18-9(6-16)5-10(17-18)11(13,14)15;1-9-3-4-10(11(12)7-9)8-14-6-5-13-2;1-15-4-5-16-7-8-2-3-9(12(13)14)6-10(8)11;1-13-4-5-14-7-8-2-3-9(12)6-10(8)11;1-14-8(11)6-3-2-5(10(12)13)4-7(6)9;8-4-5-1-2-6(10(11)12)3-7(5)9;8-7-3-6(9(11)12)2-1-5(7)4-10;/h2-6,12-14H,7-11,15H2,1H3;1-5H,6,16H2;3-4,7H,5-6,8H2,1-2H3;2-3,6H,4-5,7H2,1H3;2-3,6H,4-5,7,12H2,1H3;2-4H,1H3;1-3H,4H2;1-3,10H,4H2;1H. The van der Waals surface area contributed by atoms with E-state index in [9.17, 15) is 107 Å². The van der Waals surface area contributed by atoms with E-state index in [4.69, 9.17) is 77.7 Å². The Kier molecular flexibility index (Phi) is 53.0. The van der Waals surface area contributed by atoms with Gasteiger partial charge < -0.3 is 59.2 Å². The van der Waals surface area contributed by atoms with E-state index in [1.165, 1.54) is 74.9 Å². The summed E-state index contributed by atoms with van der Waals surface area (Å²) in [7, 11) is 7.37. The van der Waals surface area contributed by atoms with Crippen LogP contribution >= 0.6 is 51.5 Å². The van der Waals surface area contributed by atoms with Gasteiger partial charge in [-0.25, -0.2) is 44.9 Å². The molecule has 0 unspecified atom stereocenters. The van der Waals surface area contributed by atoms with E-state index in [0.717, 1.165) is 70.6 Å². The summed E-state index contributed by atoms with van der Waals surface area (Å²) in [6.07, 6.45) is -9.17. The topological polar surface area (TPSA) is 398 Å². The number of ether oxygens (including phenoxy) is 9. The number of esters is 1. The number of hydrogen-bond donors (Lipinski definition) is 3. The van der Waals surface area contributed by atoms with Crippen molar-refractivity contribution in [1.82, 2.24) is 19.6 Å². The number of nitro groups is 4. The van der Waals surface area contributed by atoms with Crippen LogP contribution in [0.15, 0.2) is 188 Å². The molecule has 2 aromatic heterocycles. The first-order valence-corrected chi connectivity index (χ1v) is 40.8. The van der Waals surface area contributed by atoms with E-state index in [2.05, 4.69) is 30.9 Å². The van der Waals surface area contributed by atoms with Gasteiger partial charge in [0.1, 0.15) is 46.5 Å². The Bertz CT molecular complexity index is 5500. The number of methoxy groups -OCH3 is 5. The smallest absolute Gasteiger partial charge is 0.435 e. The number of carbonyl (C=O) groups excluding carboxylic acids is 2. The highest BCUT2D eigenvalue weighted by Crippen LogP contribution is 2.33. The monoisotopic (exact) mass is 2040 g/mol. The van der Waals surface area contributed by atoms with E-state index in [1.807, 2.05) is 13.0 Å². The summed E-state index contributed by atoms with van der Waals surface area (Å²) < 4.78 is 217. The Morgan fingerprint density at radius 2 is 0.807 bits per heavy atom. The molecule has 0 radical (unpaired) electrons. The van der Waals surface area contributed by atoms with E-state index >= 15 is 0 Å². The summed E-state index contributed by atoms with van der Waals surface area (Å²) in [5.41, 5.74) is 12.6. The summed E-state index contributed by atoms with van der Waals surface area (Å²) in [6.45, 7) is 5.57. The van der Waals surface area contributed by atoms with Crippen molar-refractivity contribution in [2.75, 3.05) is 94.1 Å². The first-order chi connectivity index (χ1) is 63.6. The number of rotatable bonds is 35. The fourth-order valence-corrected chi connectivity index (χ4v) is 11.3. The third kappa shape index (κ3) is 42.2. The Labute approximate surface area is 788 Å². The molecular weight excluding hydrogens is 1950 g/mol. The number of halogens is 17. The number of Topliss-reactive ketones (excluding diaryl/α,β-unsaturated/α-hetero) is 1. The van der Waals surface area contributed by atoms with Gasteiger partial charge in [0.05, 0.1) is 160 Å². The van der Waals surface area contributed by atoms with Crippen molar-refractivity contribution < 1.29 is 134 Å². The molecule has 0 aliphatic heterocycles. The minimum Gasteiger partial charge on any atom is -0.465 e. The zero-order valence-electron chi connectivity index (χ0n) is 72.5. The van der Waals surface area contributed by atoms with Crippen LogP contribution in [-0.2, 0) is 118 Å². The van der Waals surface area contributed by atoms with Gasteiger partial charge in [-0.1, -0.05) is 81.6 Å². The summed E-state index contributed by atoms with van der Waals surface area (Å²) in [6, 6.07) is 41.6. The fourth-order valence-electron chi connectivity index (χ4n) is 10.4. The number of nitrogen functional groups attached to an aromatic ring is 1. The highest BCUT2D eigenvalue weighted by atomic mass is 79.9. The number of aromatic nitrogens is 4. The van der Waals surface area contributed by atoms with Crippen molar-refractivity contribution in [2.24, 2.45) is 5.73 Å². The molecule has 732 valence electrons. The molecule has 0 fully saturated rings. The number of aliphatic hydroxyl groups is 1. The average Bonchev–Trinajstić information content (AvgIpc) is 1.66. The molecule has 0 atom stereocenters. The second-order valence-corrected chi connectivity index (χ2v) is 28.5. The number of hydrogen-bond acceptors (Lipinski definition) is 24. The third-order valence-electron chi connectivity index (χ3n) is 17.3. The van der Waals surface area contributed by atoms with Crippen LogP contribution in [0.25, 0.3) is 11.4 Å². The predicted molar refractivity (Wildman–Crippen MR) is 476 cm³/mol. The van der Waals surface area contributed by atoms with Crippen LogP contribution in [0.4, 0.5) is 85.5 Å². The van der Waals surface area contributed by atoms with Crippen LogP contribution in [0, 0.1) is 88.1 Å². The van der Waals surface area contributed by atoms with Crippen LogP contribution in [0.5, 0.6) is 0 Å². The normalized spacial score (nSPS) is 10.7. The highest BCUT2D eigenvalue weighted by Gasteiger charge is 2.36. The largest absolute Gasteiger partial charge is 0.465 e. The lowest BCUT2D eigenvalue weighted by atomic mass is 10.0. The van der Waals surface area contributed by atoms with E-state index in [-0.39, 0.29) is 115 Å². The number of nitro benzene ring substituents is 4. The minimum atomic E-state index is -4.63. The molecule has 11 aromatic rings. The molecule has 5 N–H and O–H groups in total. The van der Waals surface area contributed by atoms with Crippen molar-refractivity contribution in [1.29, 1.82) is 0 Å². The number of non-ortho nitro benzene ring substituents is 4. The number of nitrogens with zero attached hydrogens (tertiary/aromatic N) is 8. The van der Waals surface area contributed by atoms with Crippen LogP contribution in [-0.4, -0.2) is 145 Å². The van der Waals surface area contributed by atoms with Gasteiger partial charge in [0.25, 0.3) is 22.7 Å². The summed E-state index contributed by atoms with van der Waals surface area (Å²) >= 11 is 14.8. The van der Waals surface area contributed by atoms with Gasteiger partial charge in [-0.2, -0.15) is 36.5 Å². The number of aryl methyl sites for hydroxylation is 2. The van der Waals surface area contributed by atoms with Crippen LogP contribution in [0.3, 0.4) is 0 Å². The van der Waals surface area contributed by atoms with Crippen LogP contribution in [0.1, 0.15) is 84.1 Å². The zero-order valence-corrected chi connectivity index (χ0v) is 76.4. The summed E-state index contributed by atoms with van der Waals surface area (Å²) in [5.74, 6) is -5.04. The van der Waals surface area contributed by atoms with Gasteiger partial charge in [0, 0.05) is 127 Å². The lowest BCUT2D eigenvalue weighted by Gasteiger charge is -2.09. The maximum Gasteiger partial charge on any atom is 0.435 e. The lowest BCUT2D eigenvalue weighted by Crippen LogP contribution is -2.09. The second kappa shape index (κ2) is 61.1. The number of benzene rings is 9. The number of carbonyl (C=O) groups is 2. The highest BCUT2D eigenvalue weighted by molar-refractivity contribution is 9.08. The predicted octanol–water partition coefficient (Wildman–Crippen LogP) is 20.2. The first kappa shape index (κ1) is 117. The van der Waals surface area contributed by atoms with Gasteiger partial charge in [-0.3, -0.25) is 45.3 Å². The maximum absolute atomic E-state index is 14.3. The van der Waals surface area contributed by atoms with Crippen molar-refractivity contribution in [3.05, 3.63) is 352 Å². The molecule has 0 aliphatic rings. The van der Waals surface area contributed by atoms with Crippen molar-refractivity contribution in [3.8, 4) is 11.4 Å². The molecule has 0 amide bonds. The number of aliphatic hydroxyl groups excluding tert-OH is 1. The van der Waals surface area contributed by atoms with Crippen LogP contribution < -0.4 is 11.5 Å². The van der Waals surface area contributed by atoms with Crippen LogP contribution in [0.2, 0.25) is 10.0 Å². The average molecular weight is 2040 g/mol. The lowest BCUT2D eigenvalue weighted by molar-refractivity contribution is -0.385. The van der Waals surface area contributed by atoms with Crippen molar-refractivity contribution in [2.45, 2.75) is 83.4 Å². The Morgan fingerprint density at radius 1 is 0.452 bits per heavy atom. The Morgan fingerprint density at radius 3 is 1.16 bits per heavy atom. The Hall–Kier alpha value is -12.0. The van der Waals surface area contributed by atoms with E-state index in [0.29, 0.717) is 131 Å². The summed E-state index contributed by atoms with van der Waals surface area (Å²) in [4.78, 5) is 61.6. The molecule has 0 saturated heterocycles. The van der Waals surface area contributed by atoms with Gasteiger partial charge >= 0.3 is 18.3 Å². The van der Waals surface area contributed by atoms with Gasteiger partial charge in [0.2, 0.25) is 0 Å². The molecule has 30 nitrogen and oxygen atoms in total. The molecule has 0 bridgehead atoms. The first-order valence-electron chi connectivity index (χ1n) is 38.9. The molecule has 0 spiro atoms. The van der Waals surface area contributed by atoms with E-state index in [1.54, 1.807) is 80.9 Å². The van der Waals surface area contributed by atoms with Crippen molar-refractivity contribution >= 4 is 91.7 Å². The van der Waals surface area contributed by atoms with Gasteiger partial charge in [-0.15, -0.1) is 12.4 Å². The fraction of sp³-hybridized carbons (Fsp3) is 0.295. The molecule has 9 aromatic carbocycles. The molecule has 47 heteroatoms. The molecule has 2 heterocycles. The number of ketones is 1. The maximum atomic E-state index is 14.3. The molecule has 11 rings (SSSR count). The van der Waals surface area contributed by atoms with Crippen molar-refractivity contribution in [3.63, 3.8) is 0 Å². The number of anilines is 1. The molecular formula is C88H91BrCl3F13N10O20. The minimum absolute atomic E-state index is 0. The zero-order chi connectivity index (χ0) is 99.8. The molecule has 0 aliphatic carbocycles. The number of alkyl halides is 7. The quantitative estimate of drug-likeness (QED) is 0.00631. The molecule has 0 saturated carbocycles. The SMILES string of the molecule is COC(=O)c1ccc([N+](=O)[O-])cc1F.COCCOCc1ccc(C)cc1F.COCCOCc1ccc(CC(=O)CCc2cc(C(F)(F)F)nn2-c2cccc(Cl)c2)cc1F.COCCOCc1ccc(N)cc1F.COCCOCc1ccc([N+](=O)[O-])cc1F.Cl.NCc1cc(C(F)(F)F)nn1-c1cccc(Cl)c1.O=[N+]([O-])c1ccc(CBr)c(F)c1.O=[N+]([O-])c1ccc(CO)c(F)c1. The van der Waals surface area contributed by atoms with E-state index < -0.39 is 90.8 Å². The van der Waals surface area contributed by atoms with Gasteiger partial charge in [-0.05, 0) is 127 Å².